The summed E-state index contributed by atoms with van der Waals surface area (Å²) in [5.41, 5.74) is -2.09. The average molecular weight is 225 g/mol. The lowest BCUT2D eigenvalue weighted by molar-refractivity contribution is -0.263. The van der Waals surface area contributed by atoms with E-state index in [9.17, 15) is 30.7 Å². The molecule has 0 aromatic carbocycles. The molecule has 0 bridgehead atoms. The smallest absolute Gasteiger partial charge is 0.224 e. The van der Waals surface area contributed by atoms with Crippen molar-refractivity contribution in [1.29, 1.82) is 0 Å². The molecular weight excluding hydrogens is 219 g/mol. The molecule has 0 aliphatic heterocycles. The van der Waals surface area contributed by atoms with Gasteiger partial charge in [-0.1, -0.05) is 6.58 Å². The Morgan fingerprint density at radius 1 is 1.14 bits per heavy atom. The van der Waals surface area contributed by atoms with E-state index >= 15 is 0 Å². The quantitative estimate of drug-likeness (QED) is 0.396. The number of likely N-dealkylation sites (N-methyl/N-ethyl adjacent to an activating group) is 1. The largest absolute Gasteiger partial charge is 0.462 e. The molecule has 0 saturated carbocycles. The van der Waals surface area contributed by atoms with Crippen molar-refractivity contribution in [3.05, 3.63) is 12.2 Å². The lowest BCUT2D eigenvalue weighted by Gasteiger charge is -2.25. The maximum Gasteiger partial charge on any atom is 0.462 e. The Morgan fingerprint density at radius 2 is 1.50 bits per heavy atom. The molecule has 0 aliphatic rings. The SMILES string of the molecule is C=C(C(F)N(C)C(F)(F)F)C(F)(F)F. The second-order valence-electron chi connectivity index (χ2n) is 2.44. The molecule has 0 fully saturated rings. The van der Waals surface area contributed by atoms with Crippen molar-refractivity contribution in [1.82, 2.24) is 4.90 Å². The fourth-order valence-corrected chi connectivity index (χ4v) is 0.497. The monoisotopic (exact) mass is 225 g/mol. The fraction of sp³-hybridized carbons (Fsp3) is 0.667. The van der Waals surface area contributed by atoms with Crippen LogP contribution >= 0.6 is 0 Å². The zero-order valence-electron chi connectivity index (χ0n) is 6.88. The van der Waals surface area contributed by atoms with Gasteiger partial charge in [-0.25, -0.2) is 4.39 Å². The van der Waals surface area contributed by atoms with Crippen LogP contribution in [0.3, 0.4) is 0 Å². The second-order valence-corrected chi connectivity index (χ2v) is 2.44. The summed E-state index contributed by atoms with van der Waals surface area (Å²) in [5, 5.41) is 0. The number of alkyl halides is 7. The first-order chi connectivity index (χ1) is 5.98. The molecule has 0 spiro atoms. The van der Waals surface area contributed by atoms with Gasteiger partial charge in [0, 0.05) is 0 Å². The van der Waals surface area contributed by atoms with Crippen molar-refractivity contribution in [3.63, 3.8) is 0 Å². The van der Waals surface area contributed by atoms with E-state index in [1.165, 1.54) is 0 Å². The van der Waals surface area contributed by atoms with Crippen LogP contribution in [0.1, 0.15) is 0 Å². The van der Waals surface area contributed by atoms with Crippen molar-refractivity contribution in [2.45, 2.75) is 18.8 Å². The topological polar surface area (TPSA) is 3.24 Å². The van der Waals surface area contributed by atoms with E-state index < -0.39 is 29.2 Å². The number of rotatable bonds is 2. The maximum atomic E-state index is 12.6. The van der Waals surface area contributed by atoms with Crippen LogP contribution in [0.15, 0.2) is 12.2 Å². The Kier molecular flexibility index (Phi) is 3.54. The van der Waals surface area contributed by atoms with E-state index in [1.54, 1.807) is 0 Å². The standard InChI is InChI=1S/C6H6F7N/c1-3(5(8,9)10)4(7)14(2)6(11,12)13/h4H,1H2,2H3. The van der Waals surface area contributed by atoms with E-state index in [0.29, 0.717) is 0 Å². The van der Waals surface area contributed by atoms with Gasteiger partial charge in [0.25, 0.3) is 0 Å². The van der Waals surface area contributed by atoms with Crippen molar-refractivity contribution in [2.75, 3.05) is 7.05 Å². The number of nitrogens with zero attached hydrogens (tertiary/aromatic N) is 1. The lowest BCUT2D eigenvalue weighted by atomic mass is 10.2. The summed E-state index contributed by atoms with van der Waals surface area (Å²) in [6, 6.07) is 0. The van der Waals surface area contributed by atoms with Gasteiger partial charge in [-0.15, -0.1) is 0 Å². The number of hydrogen-bond acceptors (Lipinski definition) is 1. The van der Waals surface area contributed by atoms with Crippen LogP contribution in [0.4, 0.5) is 30.7 Å². The summed E-state index contributed by atoms with van der Waals surface area (Å²) < 4.78 is 82.9. The van der Waals surface area contributed by atoms with E-state index in [-0.39, 0.29) is 7.05 Å². The van der Waals surface area contributed by atoms with Crippen molar-refractivity contribution in [3.8, 4) is 0 Å². The first kappa shape index (κ1) is 13.2. The second kappa shape index (κ2) is 3.76. The van der Waals surface area contributed by atoms with Gasteiger partial charge in [0.15, 0.2) is 6.30 Å². The minimum Gasteiger partial charge on any atom is -0.224 e. The number of hydrogen-bond donors (Lipinski definition) is 0. The molecule has 0 saturated heterocycles. The summed E-state index contributed by atoms with van der Waals surface area (Å²) in [5.74, 6) is 0. The molecule has 0 aromatic heterocycles. The Hall–Kier alpha value is -0.790. The molecule has 0 aromatic rings. The normalized spacial score (nSPS) is 15.8. The van der Waals surface area contributed by atoms with Crippen LogP contribution in [0.25, 0.3) is 0 Å². The fourth-order valence-electron chi connectivity index (χ4n) is 0.497. The van der Waals surface area contributed by atoms with Gasteiger partial charge >= 0.3 is 12.5 Å². The third-order valence-corrected chi connectivity index (χ3v) is 1.39. The average Bonchev–Trinajstić information content (AvgIpc) is 1.97. The molecule has 8 heteroatoms. The summed E-state index contributed by atoms with van der Waals surface area (Å²) in [6.45, 7) is 2.22. The van der Waals surface area contributed by atoms with Gasteiger partial charge in [-0.05, 0) is 7.05 Å². The minimum atomic E-state index is -5.18. The van der Waals surface area contributed by atoms with Crippen LogP contribution in [-0.4, -0.2) is 30.7 Å². The molecule has 0 heterocycles. The maximum absolute atomic E-state index is 12.6. The van der Waals surface area contributed by atoms with Crippen molar-refractivity contribution >= 4 is 0 Å². The molecule has 1 atom stereocenters. The van der Waals surface area contributed by atoms with Gasteiger partial charge in [0.05, 0.1) is 5.57 Å². The van der Waals surface area contributed by atoms with Crippen LogP contribution < -0.4 is 0 Å². The summed E-state index contributed by atoms with van der Waals surface area (Å²) in [6.07, 6.45) is -13.7. The van der Waals surface area contributed by atoms with E-state index in [4.69, 9.17) is 0 Å². The van der Waals surface area contributed by atoms with Crippen LogP contribution in [-0.2, 0) is 0 Å². The summed E-state index contributed by atoms with van der Waals surface area (Å²) >= 11 is 0. The first-order valence-corrected chi connectivity index (χ1v) is 3.17. The van der Waals surface area contributed by atoms with Crippen molar-refractivity contribution in [2.24, 2.45) is 0 Å². The Balaban J connectivity index is 4.65. The Labute approximate surface area is 74.8 Å². The molecule has 84 valence electrons. The summed E-state index contributed by atoms with van der Waals surface area (Å²) in [4.78, 5) is -1.01. The van der Waals surface area contributed by atoms with Gasteiger partial charge in [-0.2, -0.15) is 31.2 Å². The highest BCUT2D eigenvalue weighted by molar-refractivity contribution is 5.08. The molecule has 0 amide bonds. The molecule has 14 heavy (non-hydrogen) atoms. The van der Waals surface area contributed by atoms with Gasteiger partial charge < -0.3 is 0 Å². The van der Waals surface area contributed by atoms with Gasteiger partial charge in [0.1, 0.15) is 0 Å². The van der Waals surface area contributed by atoms with E-state index in [2.05, 4.69) is 6.58 Å². The molecule has 0 rings (SSSR count). The van der Waals surface area contributed by atoms with Crippen LogP contribution in [0.2, 0.25) is 0 Å². The zero-order valence-corrected chi connectivity index (χ0v) is 6.88. The molecule has 0 N–H and O–H groups in total. The number of halogens is 7. The predicted octanol–water partition coefficient (Wildman–Crippen LogP) is 2.85. The molecular formula is C6H6F7N. The third-order valence-electron chi connectivity index (χ3n) is 1.39. The Bertz CT molecular complexity index is 215. The zero-order chi connectivity index (χ0) is 11.7. The van der Waals surface area contributed by atoms with E-state index in [1.807, 2.05) is 0 Å². The molecule has 1 unspecified atom stereocenters. The van der Waals surface area contributed by atoms with Gasteiger partial charge in [-0.3, -0.25) is 0 Å². The lowest BCUT2D eigenvalue weighted by Crippen LogP contribution is -2.43. The highest BCUT2D eigenvalue weighted by Gasteiger charge is 2.46. The highest BCUT2D eigenvalue weighted by Crippen LogP contribution is 2.33. The third kappa shape index (κ3) is 3.17. The first-order valence-electron chi connectivity index (χ1n) is 3.17. The highest BCUT2D eigenvalue weighted by atomic mass is 19.4. The van der Waals surface area contributed by atoms with Crippen LogP contribution in [0, 0.1) is 0 Å². The molecule has 0 radical (unpaired) electrons. The van der Waals surface area contributed by atoms with Crippen LogP contribution in [0.5, 0.6) is 0 Å². The van der Waals surface area contributed by atoms with E-state index in [0.717, 1.165) is 0 Å². The Morgan fingerprint density at radius 3 is 1.71 bits per heavy atom. The molecule has 0 aliphatic carbocycles. The summed E-state index contributed by atoms with van der Waals surface area (Å²) in [7, 11) is 0.168. The predicted molar refractivity (Wildman–Crippen MR) is 33.9 cm³/mol. The minimum absolute atomic E-state index is 0.168. The molecule has 1 nitrogen and oxygen atoms in total. The van der Waals surface area contributed by atoms with Crippen molar-refractivity contribution < 1.29 is 30.7 Å². The van der Waals surface area contributed by atoms with Gasteiger partial charge in [0.2, 0.25) is 0 Å².